The Labute approximate surface area is 131 Å². The summed E-state index contributed by atoms with van der Waals surface area (Å²) in [6.07, 6.45) is 2.75. The van der Waals surface area contributed by atoms with E-state index in [1.165, 1.54) is 48.5 Å². The molecule has 1 aromatic heterocycles. The quantitative estimate of drug-likeness (QED) is 0.868. The van der Waals surface area contributed by atoms with Crippen LogP contribution in [-0.4, -0.2) is 30.6 Å². The molecule has 0 radical (unpaired) electrons. The normalized spacial score (nSPS) is 17.2. The topological polar surface area (TPSA) is 15.3 Å². The van der Waals surface area contributed by atoms with Gasteiger partial charge in [-0.15, -0.1) is 11.3 Å². The molecule has 2 nitrogen and oxygen atoms in total. The van der Waals surface area contributed by atoms with E-state index in [4.69, 9.17) is 0 Å². The van der Waals surface area contributed by atoms with Crippen molar-refractivity contribution >= 4 is 11.3 Å². The van der Waals surface area contributed by atoms with Gasteiger partial charge in [-0.1, -0.05) is 30.3 Å². The van der Waals surface area contributed by atoms with Gasteiger partial charge in [0.15, 0.2) is 0 Å². The predicted octanol–water partition coefficient (Wildman–Crippen LogP) is 3.99. The summed E-state index contributed by atoms with van der Waals surface area (Å²) in [5, 5.41) is 5.92. The first-order chi connectivity index (χ1) is 10.3. The van der Waals surface area contributed by atoms with E-state index in [9.17, 15) is 0 Å². The van der Waals surface area contributed by atoms with Crippen LogP contribution in [0.25, 0.3) is 11.1 Å². The number of thiophene rings is 1. The molecule has 1 saturated heterocycles. The predicted molar refractivity (Wildman–Crippen MR) is 91.7 cm³/mol. The first kappa shape index (κ1) is 14.8. The Kier molecular flexibility index (Phi) is 5.07. The maximum atomic E-state index is 3.66. The number of rotatable bonds is 6. The van der Waals surface area contributed by atoms with E-state index in [2.05, 4.69) is 58.9 Å². The molecule has 2 heterocycles. The monoisotopic (exact) mass is 300 g/mol. The minimum Gasteiger partial charge on any atom is -0.308 e. The second-order valence-electron chi connectivity index (χ2n) is 5.96. The van der Waals surface area contributed by atoms with Gasteiger partial charge in [0.25, 0.3) is 0 Å². The van der Waals surface area contributed by atoms with Gasteiger partial charge in [0.05, 0.1) is 0 Å². The zero-order chi connectivity index (χ0) is 14.5. The first-order valence-corrected chi connectivity index (χ1v) is 8.78. The van der Waals surface area contributed by atoms with Gasteiger partial charge in [-0.25, -0.2) is 0 Å². The second kappa shape index (κ2) is 7.21. The molecule has 1 fully saturated rings. The Morgan fingerprint density at radius 2 is 1.90 bits per heavy atom. The molecule has 1 unspecified atom stereocenters. The molecule has 1 N–H and O–H groups in total. The molecule has 1 aliphatic heterocycles. The van der Waals surface area contributed by atoms with Gasteiger partial charge in [0.1, 0.15) is 0 Å². The van der Waals surface area contributed by atoms with Crippen LogP contribution < -0.4 is 5.32 Å². The highest BCUT2D eigenvalue weighted by Crippen LogP contribution is 2.25. The average Bonchev–Trinajstić information content (AvgIpc) is 3.17. The van der Waals surface area contributed by atoms with Crippen LogP contribution in [-0.2, 0) is 6.54 Å². The molecule has 0 amide bonds. The van der Waals surface area contributed by atoms with Gasteiger partial charge in [-0.2, -0.15) is 0 Å². The maximum Gasteiger partial charge on any atom is 0.0302 e. The summed E-state index contributed by atoms with van der Waals surface area (Å²) in [6.45, 7) is 7.01. The highest BCUT2D eigenvalue weighted by atomic mass is 32.1. The van der Waals surface area contributed by atoms with Crippen molar-refractivity contribution in [1.29, 1.82) is 0 Å². The molecule has 21 heavy (non-hydrogen) atoms. The van der Waals surface area contributed by atoms with Crippen molar-refractivity contribution in [3.8, 4) is 11.1 Å². The van der Waals surface area contributed by atoms with Crippen LogP contribution >= 0.6 is 11.3 Å². The minimum atomic E-state index is 0.561. The lowest BCUT2D eigenvalue weighted by Gasteiger charge is -2.20. The van der Waals surface area contributed by atoms with Gasteiger partial charge >= 0.3 is 0 Å². The molecule has 0 spiro atoms. The second-order valence-corrected chi connectivity index (χ2v) is 6.95. The van der Waals surface area contributed by atoms with Crippen molar-refractivity contribution < 1.29 is 0 Å². The summed E-state index contributed by atoms with van der Waals surface area (Å²) in [4.78, 5) is 3.99. The zero-order valence-electron chi connectivity index (χ0n) is 12.7. The van der Waals surface area contributed by atoms with Gasteiger partial charge in [0.2, 0.25) is 0 Å². The van der Waals surface area contributed by atoms with Gasteiger partial charge in [-0.05, 0) is 55.4 Å². The van der Waals surface area contributed by atoms with E-state index < -0.39 is 0 Å². The molecular formula is C18H24N2S. The van der Waals surface area contributed by atoms with Crippen molar-refractivity contribution in [2.45, 2.75) is 32.4 Å². The summed E-state index contributed by atoms with van der Waals surface area (Å²) in [7, 11) is 0. The summed E-state index contributed by atoms with van der Waals surface area (Å²) >= 11 is 1.85. The number of hydrogen-bond donors (Lipinski definition) is 1. The van der Waals surface area contributed by atoms with Crippen LogP contribution in [0.1, 0.15) is 24.6 Å². The van der Waals surface area contributed by atoms with E-state index >= 15 is 0 Å². The van der Waals surface area contributed by atoms with Gasteiger partial charge in [-0.3, -0.25) is 0 Å². The summed E-state index contributed by atoms with van der Waals surface area (Å²) in [6, 6.07) is 13.5. The number of nitrogens with one attached hydrogen (secondary N) is 1. The van der Waals surface area contributed by atoms with E-state index in [1.54, 1.807) is 0 Å². The number of likely N-dealkylation sites (tertiary alicyclic amines) is 1. The lowest BCUT2D eigenvalue weighted by atomic mass is 10.1. The van der Waals surface area contributed by atoms with Crippen molar-refractivity contribution in [3.63, 3.8) is 0 Å². The SMILES string of the molecule is CC(CN1CCCC1)NCc1cc(-c2ccccc2)cs1. The van der Waals surface area contributed by atoms with Gasteiger partial charge in [0, 0.05) is 24.0 Å². The molecule has 1 aromatic carbocycles. The fourth-order valence-corrected chi connectivity index (χ4v) is 3.79. The van der Waals surface area contributed by atoms with E-state index in [-0.39, 0.29) is 0 Å². The van der Waals surface area contributed by atoms with Crippen LogP contribution in [0.2, 0.25) is 0 Å². The van der Waals surface area contributed by atoms with Crippen LogP contribution in [0.4, 0.5) is 0 Å². The molecule has 112 valence electrons. The number of benzene rings is 1. The maximum absolute atomic E-state index is 3.66. The molecule has 2 aromatic rings. The van der Waals surface area contributed by atoms with Crippen molar-refractivity contribution in [3.05, 3.63) is 46.7 Å². The van der Waals surface area contributed by atoms with E-state index in [0.717, 1.165) is 6.54 Å². The average molecular weight is 300 g/mol. The Morgan fingerprint density at radius 1 is 1.14 bits per heavy atom. The van der Waals surface area contributed by atoms with Gasteiger partial charge < -0.3 is 10.2 Å². The highest BCUT2D eigenvalue weighted by Gasteiger charge is 2.14. The van der Waals surface area contributed by atoms with E-state index in [1.807, 2.05) is 11.3 Å². The lowest BCUT2D eigenvalue weighted by Crippen LogP contribution is -2.37. The number of nitrogens with zero attached hydrogens (tertiary/aromatic N) is 1. The summed E-state index contributed by atoms with van der Waals surface area (Å²) in [5.74, 6) is 0. The fraction of sp³-hybridized carbons (Fsp3) is 0.444. The first-order valence-electron chi connectivity index (χ1n) is 7.90. The van der Waals surface area contributed by atoms with Crippen LogP contribution in [0, 0.1) is 0 Å². The third-order valence-electron chi connectivity index (χ3n) is 4.12. The molecule has 0 aliphatic carbocycles. The molecule has 1 aliphatic rings. The van der Waals surface area contributed by atoms with Crippen molar-refractivity contribution in [2.75, 3.05) is 19.6 Å². The van der Waals surface area contributed by atoms with Crippen molar-refractivity contribution in [1.82, 2.24) is 10.2 Å². The third-order valence-corrected chi connectivity index (χ3v) is 5.05. The minimum absolute atomic E-state index is 0.561. The van der Waals surface area contributed by atoms with Crippen LogP contribution in [0.15, 0.2) is 41.8 Å². The Balaban J connectivity index is 1.50. The van der Waals surface area contributed by atoms with Crippen molar-refractivity contribution in [2.24, 2.45) is 0 Å². The lowest BCUT2D eigenvalue weighted by molar-refractivity contribution is 0.298. The van der Waals surface area contributed by atoms with Crippen LogP contribution in [0.3, 0.4) is 0 Å². The number of hydrogen-bond acceptors (Lipinski definition) is 3. The largest absolute Gasteiger partial charge is 0.308 e. The molecular weight excluding hydrogens is 276 g/mol. The standard InChI is InChI=1S/C18H24N2S/c1-15(13-20-9-5-6-10-20)19-12-18-11-17(14-21-18)16-7-3-2-4-8-16/h2-4,7-8,11,14-15,19H,5-6,9-10,12-13H2,1H3. The highest BCUT2D eigenvalue weighted by molar-refractivity contribution is 7.10. The summed E-state index contributed by atoms with van der Waals surface area (Å²) in [5.41, 5.74) is 2.65. The van der Waals surface area contributed by atoms with Crippen LogP contribution in [0.5, 0.6) is 0 Å². The molecule has 0 saturated carbocycles. The fourth-order valence-electron chi connectivity index (χ4n) is 2.95. The zero-order valence-corrected chi connectivity index (χ0v) is 13.5. The summed E-state index contributed by atoms with van der Waals surface area (Å²) < 4.78 is 0. The third kappa shape index (κ3) is 4.16. The molecule has 1 atom stereocenters. The Hall–Kier alpha value is -1.16. The Bertz CT molecular complexity index is 543. The Morgan fingerprint density at radius 3 is 2.67 bits per heavy atom. The molecule has 3 heteroatoms. The molecule has 0 bridgehead atoms. The van der Waals surface area contributed by atoms with E-state index in [0.29, 0.717) is 6.04 Å². The molecule has 3 rings (SSSR count). The smallest absolute Gasteiger partial charge is 0.0302 e.